The fourth-order valence-electron chi connectivity index (χ4n) is 3.45. The van der Waals surface area contributed by atoms with Gasteiger partial charge >= 0.3 is 0 Å². The summed E-state index contributed by atoms with van der Waals surface area (Å²) in [5.74, 6) is -0.121. The minimum absolute atomic E-state index is 0.0181. The minimum atomic E-state index is -0.289. The molecule has 32 heavy (non-hydrogen) atoms. The van der Waals surface area contributed by atoms with Crippen LogP contribution in [0.3, 0.4) is 0 Å². The first kappa shape index (κ1) is 21.8. The average molecular weight is 468 g/mol. The first-order chi connectivity index (χ1) is 15.3. The zero-order chi connectivity index (χ0) is 22.8. The lowest BCUT2D eigenvalue weighted by Gasteiger charge is -2.21. The van der Waals surface area contributed by atoms with Crippen LogP contribution in [0.5, 0.6) is 0 Å². The molecule has 0 spiro atoms. The van der Waals surface area contributed by atoms with Crippen molar-refractivity contribution in [3.05, 3.63) is 76.5 Å². The van der Waals surface area contributed by atoms with E-state index in [2.05, 4.69) is 15.4 Å². The van der Waals surface area contributed by atoms with E-state index in [0.717, 1.165) is 10.9 Å². The largest absolute Gasteiger partial charge is 0.326 e. The van der Waals surface area contributed by atoms with E-state index in [1.54, 1.807) is 41.2 Å². The molecule has 2 aromatic carbocycles. The number of pyridine rings is 1. The molecule has 4 aromatic rings. The number of carbonyl (C=O) groups excluding carboxylic acids is 2. The number of anilines is 3. The number of aromatic nitrogens is 3. The summed E-state index contributed by atoms with van der Waals surface area (Å²) in [6.07, 6.45) is 3.29. The average Bonchev–Trinajstić information content (AvgIpc) is 3.11. The molecule has 0 fully saturated rings. The highest BCUT2D eigenvalue weighted by molar-refractivity contribution is 6.36. The van der Waals surface area contributed by atoms with Crippen molar-refractivity contribution in [1.29, 1.82) is 0 Å². The summed E-state index contributed by atoms with van der Waals surface area (Å²) in [6.45, 7) is 1.46. The second kappa shape index (κ2) is 8.98. The number of rotatable bonds is 5. The third-order valence-corrected chi connectivity index (χ3v) is 5.67. The van der Waals surface area contributed by atoms with Gasteiger partial charge < -0.3 is 5.32 Å². The Labute approximate surface area is 194 Å². The van der Waals surface area contributed by atoms with Gasteiger partial charge in [0.25, 0.3) is 0 Å². The summed E-state index contributed by atoms with van der Waals surface area (Å²) in [4.78, 5) is 30.9. The number of aryl methyl sites for hydroxylation is 1. The van der Waals surface area contributed by atoms with Gasteiger partial charge in [0.2, 0.25) is 11.8 Å². The molecule has 4 rings (SSSR count). The minimum Gasteiger partial charge on any atom is -0.326 e. The summed E-state index contributed by atoms with van der Waals surface area (Å²) in [6, 6.07) is 14.0. The van der Waals surface area contributed by atoms with Gasteiger partial charge in [-0.1, -0.05) is 29.3 Å². The molecule has 1 N–H and O–H groups in total. The standard InChI is InChI=1S/C23H19Cl2N5O2/c1-14(31)30(17-6-7-21-15(10-17)13-27-29(21)2)22-11-16(8-9-26-22)28-23(32)12-18-19(24)4-3-5-20(18)25/h3-11,13H,12H2,1-2H3,(H,26,28,32). The Balaban J connectivity index is 1.59. The van der Waals surface area contributed by atoms with E-state index >= 15 is 0 Å². The summed E-state index contributed by atoms with van der Waals surface area (Å²) < 4.78 is 1.76. The van der Waals surface area contributed by atoms with Crippen LogP contribution in [0.2, 0.25) is 10.0 Å². The van der Waals surface area contributed by atoms with E-state index in [9.17, 15) is 9.59 Å². The molecule has 0 aliphatic rings. The molecule has 2 heterocycles. The van der Waals surface area contributed by atoms with Crippen LogP contribution in [0.15, 0.2) is 60.9 Å². The Bertz CT molecular complexity index is 1310. The van der Waals surface area contributed by atoms with Crippen LogP contribution in [0.4, 0.5) is 17.2 Å². The van der Waals surface area contributed by atoms with Crippen LogP contribution in [-0.2, 0) is 23.1 Å². The number of hydrogen-bond donors (Lipinski definition) is 1. The maximum Gasteiger partial charge on any atom is 0.229 e. The summed E-state index contributed by atoms with van der Waals surface area (Å²) in [7, 11) is 1.86. The molecule has 0 bridgehead atoms. The van der Waals surface area contributed by atoms with Crippen LogP contribution < -0.4 is 10.2 Å². The van der Waals surface area contributed by atoms with Gasteiger partial charge in [0.15, 0.2) is 0 Å². The highest BCUT2D eigenvalue weighted by Gasteiger charge is 2.18. The molecular formula is C23H19Cl2N5O2. The number of carbonyl (C=O) groups is 2. The van der Waals surface area contributed by atoms with Crippen molar-refractivity contribution in [2.24, 2.45) is 7.05 Å². The molecule has 0 radical (unpaired) electrons. The van der Waals surface area contributed by atoms with Gasteiger partial charge in [0.05, 0.1) is 23.8 Å². The Morgan fingerprint density at radius 2 is 1.84 bits per heavy atom. The molecule has 0 aliphatic heterocycles. The van der Waals surface area contributed by atoms with Crippen LogP contribution in [0, 0.1) is 0 Å². The normalized spacial score (nSPS) is 10.9. The van der Waals surface area contributed by atoms with Crippen LogP contribution >= 0.6 is 23.2 Å². The van der Waals surface area contributed by atoms with Gasteiger partial charge in [-0.15, -0.1) is 0 Å². The zero-order valence-corrected chi connectivity index (χ0v) is 18.9. The molecule has 0 unspecified atom stereocenters. The van der Waals surface area contributed by atoms with Gasteiger partial charge in [-0.05, 0) is 42.0 Å². The Morgan fingerprint density at radius 1 is 1.09 bits per heavy atom. The van der Waals surface area contributed by atoms with Crippen molar-refractivity contribution in [2.75, 3.05) is 10.2 Å². The van der Waals surface area contributed by atoms with E-state index < -0.39 is 0 Å². The number of benzene rings is 2. The molecule has 0 aliphatic carbocycles. The van der Waals surface area contributed by atoms with Crippen molar-refractivity contribution in [2.45, 2.75) is 13.3 Å². The molecule has 2 amide bonds. The Morgan fingerprint density at radius 3 is 2.56 bits per heavy atom. The first-order valence-electron chi connectivity index (χ1n) is 9.75. The maximum atomic E-state index is 12.6. The summed E-state index contributed by atoms with van der Waals surface area (Å²) >= 11 is 12.3. The predicted octanol–water partition coefficient (Wildman–Crippen LogP) is 5.14. The van der Waals surface area contributed by atoms with E-state index in [0.29, 0.717) is 32.8 Å². The molecular weight excluding hydrogens is 449 g/mol. The fourth-order valence-corrected chi connectivity index (χ4v) is 3.98. The van der Waals surface area contributed by atoms with Crippen LogP contribution in [-0.4, -0.2) is 26.6 Å². The smallest absolute Gasteiger partial charge is 0.229 e. The van der Waals surface area contributed by atoms with Gasteiger partial charge in [-0.3, -0.25) is 19.2 Å². The lowest BCUT2D eigenvalue weighted by molar-refractivity contribution is -0.116. The Hall–Kier alpha value is -3.42. The number of fused-ring (bicyclic) bond motifs is 1. The van der Waals surface area contributed by atoms with Crippen LogP contribution in [0.1, 0.15) is 12.5 Å². The third kappa shape index (κ3) is 4.44. The highest BCUT2D eigenvalue weighted by Crippen LogP contribution is 2.29. The second-order valence-electron chi connectivity index (χ2n) is 7.19. The number of hydrogen-bond acceptors (Lipinski definition) is 4. The van der Waals surface area contributed by atoms with E-state index in [1.165, 1.54) is 18.0 Å². The SMILES string of the molecule is CC(=O)N(c1ccc2c(cnn2C)c1)c1cc(NC(=O)Cc2c(Cl)cccc2Cl)ccn1. The fraction of sp³-hybridized carbons (Fsp3) is 0.130. The number of nitrogens with one attached hydrogen (secondary N) is 1. The maximum absolute atomic E-state index is 12.6. The number of nitrogens with zero attached hydrogens (tertiary/aromatic N) is 4. The molecule has 0 saturated heterocycles. The summed E-state index contributed by atoms with van der Waals surface area (Å²) in [5.41, 5.74) is 2.65. The predicted molar refractivity (Wildman–Crippen MR) is 127 cm³/mol. The third-order valence-electron chi connectivity index (χ3n) is 4.96. The van der Waals surface area contributed by atoms with E-state index in [1.807, 2.05) is 25.2 Å². The van der Waals surface area contributed by atoms with Gasteiger partial charge in [-0.2, -0.15) is 5.10 Å². The first-order valence-corrected chi connectivity index (χ1v) is 10.5. The lowest BCUT2D eigenvalue weighted by atomic mass is 10.1. The van der Waals surface area contributed by atoms with Gasteiger partial charge in [0, 0.05) is 47.4 Å². The molecule has 7 nitrogen and oxygen atoms in total. The summed E-state index contributed by atoms with van der Waals surface area (Å²) in [5, 5.41) is 8.81. The molecule has 9 heteroatoms. The highest BCUT2D eigenvalue weighted by atomic mass is 35.5. The van der Waals surface area contributed by atoms with Crippen molar-refractivity contribution < 1.29 is 9.59 Å². The quantitative estimate of drug-likeness (QED) is 0.440. The van der Waals surface area contributed by atoms with Crippen molar-refractivity contribution >= 4 is 63.1 Å². The van der Waals surface area contributed by atoms with E-state index in [4.69, 9.17) is 23.2 Å². The zero-order valence-electron chi connectivity index (χ0n) is 17.3. The van der Waals surface area contributed by atoms with Gasteiger partial charge in [-0.25, -0.2) is 4.98 Å². The second-order valence-corrected chi connectivity index (χ2v) is 8.01. The topological polar surface area (TPSA) is 80.1 Å². The monoisotopic (exact) mass is 467 g/mol. The molecule has 162 valence electrons. The molecule has 0 atom stereocenters. The van der Waals surface area contributed by atoms with Crippen molar-refractivity contribution in [1.82, 2.24) is 14.8 Å². The van der Waals surface area contributed by atoms with Gasteiger partial charge in [0.1, 0.15) is 5.82 Å². The van der Waals surface area contributed by atoms with Crippen molar-refractivity contribution in [3.8, 4) is 0 Å². The van der Waals surface area contributed by atoms with Crippen LogP contribution in [0.25, 0.3) is 10.9 Å². The van der Waals surface area contributed by atoms with E-state index in [-0.39, 0.29) is 18.2 Å². The molecule has 2 aromatic heterocycles. The Kier molecular flexibility index (Phi) is 6.12. The number of amides is 2. The number of halogens is 2. The lowest BCUT2D eigenvalue weighted by Crippen LogP contribution is -2.24. The van der Waals surface area contributed by atoms with Crippen molar-refractivity contribution in [3.63, 3.8) is 0 Å². The molecule has 0 saturated carbocycles.